The van der Waals surface area contributed by atoms with Crippen LogP contribution in [0.4, 0.5) is 5.69 Å². The summed E-state index contributed by atoms with van der Waals surface area (Å²) in [6.45, 7) is 0. The van der Waals surface area contributed by atoms with Gasteiger partial charge in [-0.15, -0.1) is 0 Å². The number of amides is 1. The molecular formula is C24H17BrClNO7. The number of aliphatic carboxylic acids is 1. The van der Waals surface area contributed by atoms with Gasteiger partial charge in [-0.05, 0) is 42.5 Å². The standard InChI is InChI=1S/C24H17BrClNO7/c25-16-11-12-18(17(26)13-16)27-21(28)19(33-23(31)14-7-3-1-4-8-14)20(22(29)30)34-24(32)15-9-5-2-6-10-15/h1-13,19-20H,(H,27,28)(H,29,30)/t19-,20+/m0/s1. The van der Waals surface area contributed by atoms with Crippen molar-refractivity contribution in [1.29, 1.82) is 0 Å². The van der Waals surface area contributed by atoms with E-state index in [1.165, 1.54) is 36.4 Å². The average molecular weight is 547 g/mol. The van der Waals surface area contributed by atoms with Crippen LogP contribution in [0.25, 0.3) is 0 Å². The SMILES string of the molecule is O=C(O[C@H](C(=O)Nc1ccc(Br)cc1Cl)[C@@H](OC(=O)c1ccccc1)C(=O)O)c1ccccc1. The predicted octanol–water partition coefficient (Wildman–Crippen LogP) is 4.58. The van der Waals surface area contributed by atoms with Crippen molar-refractivity contribution >= 4 is 57.0 Å². The van der Waals surface area contributed by atoms with Gasteiger partial charge in [0.25, 0.3) is 5.91 Å². The minimum absolute atomic E-state index is 0.0539. The molecular weight excluding hydrogens is 530 g/mol. The molecule has 0 heterocycles. The molecule has 2 N–H and O–H groups in total. The lowest BCUT2D eigenvalue weighted by molar-refractivity contribution is -0.157. The highest BCUT2D eigenvalue weighted by atomic mass is 79.9. The Morgan fingerprint density at radius 1 is 0.794 bits per heavy atom. The summed E-state index contributed by atoms with van der Waals surface area (Å²) in [4.78, 5) is 50.2. The van der Waals surface area contributed by atoms with E-state index in [1.54, 1.807) is 42.5 Å². The molecule has 0 saturated carbocycles. The van der Waals surface area contributed by atoms with Crippen molar-refractivity contribution in [3.05, 3.63) is 99.5 Å². The summed E-state index contributed by atoms with van der Waals surface area (Å²) in [6.07, 6.45) is -4.17. The van der Waals surface area contributed by atoms with Crippen LogP contribution in [0.3, 0.4) is 0 Å². The Balaban J connectivity index is 1.92. The lowest BCUT2D eigenvalue weighted by Crippen LogP contribution is -2.48. The highest BCUT2D eigenvalue weighted by Gasteiger charge is 2.41. The van der Waals surface area contributed by atoms with Crippen LogP contribution in [-0.4, -0.2) is 41.1 Å². The van der Waals surface area contributed by atoms with Gasteiger partial charge < -0.3 is 19.9 Å². The van der Waals surface area contributed by atoms with E-state index in [0.717, 1.165) is 0 Å². The van der Waals surface area contributed by atoms with Crippen LogP contribution in [0.5, 0.6) is 0 Å². The maximum absolute atomic E-state index is 13.1. The van der Waals surface area contributed by atoms with Gasteiger partial charge in [0.1, 0.15) is 0 Å². The number of anilines is 1. The van der Waals surface area contributed by atoms with Crippen LogP contribution in [0.2, 0.25) is 5.02 Å². The van der Waals surface area contributed by atoms with Crippen LogP contribution in [0, 0.1) is 0 Å². The second-order valence-corrected chi connectivity index (χ2v) is 8.16. The second kappa shape index (κ2) is 11.4. The number of rotatable bonds is 8. The van der Waals surface area contributed by atoms with Crippen molar-refractivity contribution in [3.63, 3.8) is 0 Å². The maximum Gasteiger partial charge on any atom is 0.349 e. The molecule has 174 valence electrons. The minimum atomic E-state index is -2.14. The molecule has 3 aromatic carbocycles. The van der Waals surface area contributed by atoms with Gasteiger partial charge >= 0.3 is 17.9 Å². The van der Waals surface area contributed by atoms with E-state index in [2.05, 4.69) is 21.2 Å². The van der Waals surface area contributed by atoms with Crippen molar-refractivity contribution in [1.82, 2.24) is 0 Å². The molecule has 3 aromatic rings. The van der Waals surface area contributed by atoms with Gasteiger partial charge in [-0.1, -0.05) is 63.9 Å². The van der Waals surface area contributed by atoms with Crippen molar-refractivity contribution in [2.75, 3.05) is 5.32 Å². The number of carbonyl (C=O) groups is 4. The van der Waals surface area contributed by atoms with E-state index in [1.807, 2.05) is 0 Å². The molecule has 10 heteroatoms. The number of hydrogen-bond donors (Lipinski definition) is 2. The summed E-state index contributed by atoms with van der Waals surface area (Å²) in [6, 6.07) is 19.8. The smallest absolute Gasteiger partial charge is 0.349 e. The van der Waals surface area contributed by atoms with Gasteiger partial charge in [-0.25, -0.2) is 14.4 Å². The van der Waals surface area contributed by atoms with E-state index in [4.69, 9.17) is 21.1 Å². The molecule has 0 fully saturated rings. The third kappa shape index (κ3) is 6.43. The molecule has 0 aliphatic carbocycles. The number of hydrogen-bond acceptors (Lipinski definition) is 6. The van der Waals surface area contributed by atoms with E-state index in [9.17, 15) is 24.3 Å². The first kappa shape index (κ1) is 24.9. The van der Waals surface area contributed by atoms with Gasteiger partial charge in [0, 0.05) is 4.47 Å². The fourth-order valence-electron chi connectivity index (χ4n) is 2.80. The van der Waals surface area contributed by atoms with Gasteiger partial charge in [0.15, 0.2) is 0 Å². The Morgan fingerprint density at radius 3 is 1.76 bits per heavy atom. The lowest BCUT2D eigenvalue weighted by Gasteiger charge is -2.23. The third-order valence-corrected chi connectivity index (χ3v) is 5.26. The number of ether oxygens (including phenoxy) is 2. The number of benzene rings is 3. The maximum atomic E-state index is 13.1. The second-order valence-electron chi connectivity index (χ2n) is 6.84. The molecule has 0 spiro atoms. The zero-order chi connectivity index (χ0) is 24.7. The first-order chi connectivity index (χ1) is 16.3. The molecule has 34 heavy (non-hydrogen) atoms. The highest BCUT2D eigenvalue weighted by molar-refractivity contribution is 9.10. The van der Waals surface area contributed by atoms with E-state index < -0.39 is 36.0 Å². The number of carboxylic acid groups (broad SMARTS) is 1. The molecule has 3 rings (SSSR count). The summed E-state index contributed by atoms with van der Waals surface area (Å²) in [7, 11) is 0. The predicted molar refractivity (Wildman–Crippen MR) is 127 cm³/mol. The van der Waals surface area contributed by atoms with Crippen molar-refractivity contribution in [2.24, 2.45) is 0 Å². The van der Waals surface area contributed by atoms with Crippen LogP contribution >= 0.6 is 27.5 Å². The summed E-state index contributed by atoms with van der Waals surface area (Å²) >= 11 is 9.37. The van der Waals surface area contributed by atoms with Crippen LogP contribution < -0.4 is 5.32 Å². The molecule has 2 atom stereocenters. The lowest BCUT2D eigenvalue weighted by atomic mass is 10.1. The Morgan fingerprint density at radius 2 is 1.29 bits per heavy atom. The van der Waals surface area contributed by atoms with Gasteiger partial charge in [0.2, 0.25) is 12.2 Å². The van der Waals surface area contributed by atoms with Gasteiger partial charge in [0.05, 0.1) is 21.8 Å². The summed E-state index contributed by atoms with van der Waals surface area (Å²) in [5.74, 6) is -4.73. The fraction of sp³-hybridized carbons (Fsp3) is 0.0833. The number of nitrogens with one attached hydrogen (secondary N) is 1. The monoisotopic (exact) mass is 545 g/mol. The number of carbonyl (C=O) groups excluding carboxylic acids is 3. The highest BCUT2D eigenvalue weighted by Crippen LogP contribution is 2.26. The quantitative estimate of drug-likeness (QED) is 0.397. The van der Waals surface area contributed by atoms with Crippen LogP contribution in [0.15, 0.2) is 83.3 Å². The molecule has 0 aliphatic rings. The van der Waals surface area contributed by atoms with Crippen molar-refractivity contribution in [3.8, 4) is 0 Å². The van der Waals surface area contributed by atoms with E-state index in [-0.39, 0.29) is 21.8 Å². The topological polar surface area (TPSA) is 119 Å². The molecule has 0 aliphatic heterocycles. The largest absolute Gasteiger partial charge is 0.478 e. The molecule has 0 aromatic heterocycles. The molecule has 0 radical (unpaired) electrons. The third-order valence-electron chi connectivity index (χ3n) is 4.45. The van der Waals surface area contributed by atoms with Crippen molar-refractivity contribution < 1.29 is 33.8 Å². The summed E-state index contributed by atoms with van der Waals surface area (Å²) in [5, 5.41) is 12.3. The molecule has 1 amide bonds. The molecule has 0 bridgehead atoms. The zero-order valence-electron chi connectivity index (χ0n) is 17.3. The summed E-state index contributed by atoms with van der Waals surface area (Å²) in [5.41, 5.74) is 0.257. The van der Waals surface area contributed by atoms with E-state index in [0.29, 0.717) is 4.47 Å². The zero-order valence-corrected chi connectivity index (χ0v) is 19.7. The van der Waals surface area contributed by atoms with Gasteiger partial charge in [-0.3, -0.25) is 4.79 Å². The van der Waals surface area contributed by atoms with E-state index >= 15 is 0 Å². The van der Waals surface area contributed by atoms with Crippen LogP contribution in [-0.2, 0) is 19.1 Å². The first-order valence-corrected chi connectivity index (χ1v) is 10.9. The number of carboxylic acids is 1. The molecule has 0 saturated heterocycles. The molecule has 0 unspecified atom stereocenters. The van der Waals surface area contributed by atoms with Crippen LogP contribution in [0.1, 0.15) is 20.7 Å². The number of esters is 2. The molecule has 8 nitrogen and oxygen atoms in total. The fourth-order valence-corrected chi connectivity index (χ4v) is 3.53. The Hall–Kier alpha value is -3.69. The Labute approximate surface area is 207 Å². The number of halogens is 2. The Bertz CT molecular complexity index is 1200. The van der Waals surface area contributed by atoms with Gasteiger partial charge in [-0.2, -0.15) is 0 Å². The summed E-state index contributed by atoms with van der Waals surface area (Å²) < 4.78 is 11.0. The normalized spacial score (nSPS) is 12.2. The van der Waals surface area contributed by atoms with Crippen molar-refractivity contribution in [2.45, 2.75) is 12.2 Å². The average Bonchev–Trinajstić information content (AvgIpc) is 2.83. The first-order valence-electron chi connectivity index (χ1n) is 9.77. The minimum Gasteiger partial charge on any atom is -0.478 e. The Kier molecular flexibility index (Phi) is 8.39.